The predicted molar refractivity (Wildman–Crippen MR) is 80.4 cm³/mol. The molecule has 20 heavy (non-hydrogen) atoms. The van der Waals surface area contributed by atoms with E-state index in [2.05, 4.69) is 15.1 Å². The fourth-order valence-corrected chi connectivity index (χ4v) is 3.63. The molecule has 1 heterocycles. The molecule has 0 fully saturated rings. The number of nitrogens with two attached hydrogens (primary N) is 1. The lowest BCUT2D eigenvalue weighted by Gasteiger charge is -2.14. The van der Waals surface area contributed by atoms with Gasteiger partial charge in [-0.25, -0.2) is 24.0 Å². The van der Waals surface area contributed by atoms with Gasteiger partial charge in [-0.15, -0.1) is 0 Å². The number of hydrogen-bond donors (Lipinski definition) is 3. The van der Waals surface area contributed by atoms with Crippen LogP contribution in [-0.2, 0) is 20.8 Å². The Kier molecular flexibility index (Phi) is 6.34. The van der Waals surface area contributed by atoms with Crippen molar-refractivity contribution in [3.63, 3.8) is 0 Å². The average molecular weight is 341 g/mol. The molecule has 7 nitrogen and oxygen atoms in total. The Morgan fingerprint density at radius 1 is 1.55 bits per heavy atom. The number of nitrogens with one attached hydrogen (secondary N) is 2. The number of anilines is 1. The lowest BCUT2D eigenvalue weighted by Crippen LogP contribution is -2.33. The third kappa shape index (κ3) is 4.98. The Balaban J connectivity index is 2.83. The molecule has 0 saturated heterocycles. The first kappa shape index (κ1) is 17.3. The number of pyridine rings is 1. The Hall–Kier alpha value is -0.740. The highest BCUT2D eigenvalue weighted by Gasteiger charge is 2.19. The molecule has 0 bridgehead atoms. The van der Waals surface area contributed by atoms with Crippen LogP contribution in [-0.4, -0.2) is 35.7 Å². The van der Waals surface area contributed by atoms with E-state index in [1.807, 2.05) is 0 Å². The van der Waals surface area contributed by atoms with E-state index in [0.717, 1.165) is 6.20 Å². The highest BCUT2D eigenvalue weighted by molar-refractivity contribution is 7.89. The standard InChI is InChI=1S/C10H17ClN4O3S2/c1-7(3-4-19(2)16)15-20(17,18)8-5-9(11)10(14-12)13-6-8/h5-7,15H,3-4,12H2,1-2H3,(H,13,14). The van der Waals surface area contributed by atoms with Gasteiger partial charge in [0, 0.05) is 35.0 Å². The van der Waals surface area contributed by atoms with E-state index >= 15 is 0 Å². The van der Waals surface area contributed by atoms with Crippen LogP contribution in [0.4, 0.5) is 5.82 Å². The van der Waals surface area contributed by atoms with Crippen molar-refractivity contribution in [3.8, 4) is 0 Å². The topological polar surface area (TPSA) is 114 Å². The van der Waals surface area contributed by atoms with Crippen LogP contribution >= 0.6 is 11.6 Å². The number of halogens is 1. The monoisotopic (exact) mass is 340 g/mol. The molecule has 2 unspecified atom stereocenters. The van der Waals surface area contributed by atoms with Crippen molar-refractivity contribution < 1.29 is 12.6 Å². The summed E-state index contributed by atoms with van der Waals surface area (Å²) in [6.45, 7) is 1.70. The summed E-state index contributed by atoms with van der Waals surface area (Å²) in [6.07, 6.45) is 3.21. The van der Waals surface area contributed by atoms with Crippen LogP contribution in [0.3, 0.4) is 0 Å². The third-order valence-corrected chi connectivity index (χ3v) is 5.11. The maximum Gasteiger partial charge on any atom is 0.242 e. The summed E-state index contributed by atoms with van der Waals surface area (Å²) >= 11 is 5.84. The van der Waals surface area contributed by atoms with E-state index in [-0.39, 0.29) is 21.8 Å². The van der Waals surface area contributed by atoms with Gasteiger partial charge in [0.2, 0.25) is 10.0 Å². The Labute approximate surface area is 125 Å². The van der Waals surface area contributed by atoms with E-state index in [4.69, 9.17) is 17.4 Å². The van der Waals surface area contributed by atoms with E-state index in [0.29, 0.717) is 12.2 Å². The number of sulfonamides is 1. The fourth-order valence-electron chi connectivity index (χ4n) is 1.41. The smallest absolute Gasteiger partial charge is 0.242 e. The molecule has 4 N–H and O–H groups in total. The summed E-state index contributed by atoms with van der Waals surface area (Å²) in [6, 6.07) is 0.923. The average Bonchev–Trinajstić information content (AvgIpc) is 2.35. The van der Waals surface area contributed by atoms with Crippen molar-refractivity contribution in [2.24, 2.45) is 5.84 Å². The molecular weight excluding hydrogens is 324 g/mol. The number of hydrazine groups is 1. The van der Waals surface area contributed by atoms with Gasteiger partial charge in [0.1, 0.15) is 4.90 Å². The first-order valence-electron chi connectivity index (χ1n) is 5.70. The Morgan fingerprint density at radius 3 is 2.70 bits per heavy atom. The first-order valence-corrected chi connectivity index (χ1v) is 9.29. The van der Waals surface area contributed by atoms with Crippen molar-refractivity contribution >= 4 is 38.2 Å². The Morgan fingerprint density at radius 2 is 2.20 bits per heavy atom. The zero-order chi connectivity index (χ0) is 15.3. The van der Waals surface area contributed by atoms with Crippen molar-refractivity contribution in [2.75, 3.05) is 17.4 Å². The molecule has 1 aromatic heterocycles. The van der Waals surface area contributed by atoms with Crippen molar-refractivity contribution in [1.29, 1.82) is 0 Å². The SMILES string of the molecule is CC(CCS(C)=O)NS(=O)(=O)c1cnc(NN)c(Cl)c1. The molecule has 0 aliphatic carbocycles. The molecule has 0 amide bonds. The fraction of sp³-hybridized carbons (Fsp3) is 0.500. The minimum atomic E-state index is -3.72. The third-order valence-electron chi connectivity index (χ3n) is 2.46. The van der Waals surface area contributed by atoms with Gasteiger partial charge in [0.25, 0.3) is 0 Å². The van der Waals surface area contributed by atoms with Crippen molar-refractivity contribution in [2.45, 2.75) is 24.3 Å². The van der Waals surface area contributed by atoms with Crippen molar-refractivity contribution in [1.82, 2.24) is 9.71 Å². The highest BCUT2D eigenvalue weighted by Crippen LogP contribution is 2.21. The second kappa shape index (κ2) is 7.32. The van der Waals surface area contributed by atoms with Crippen LogP contribution in [0.15, 0.2) is 17.2 Å². The van der Waals surface area contributed by atoms with Gasteiger partial charge in [-0.2, -0.15) is 0 Å². The summed E-state index contributed by atoms with van der Waals surface area (Å²) in [5.74, 6) is 5.79. The van der Waals surface area contributed by atoms with E-state index in [9.17, 15) is 12.6 Å². The molecule has 1 aromatic rings. The van der Waals surface area contributed by atoms with Crippen LogP contribution in [0, 0.1) is 0 Å². The van der Waals surface area contributed by atoms with Gasteiger partial charge in [-0.1, -0.05) is 11.6 Å². The molecule has 10 heteroatoms. The zero-order valence-electron chi connectivity index (χ0n) is 11.1. The molecule has 0 spiro atoms. The van der Waals surface area contributed by atoms with E-state index in [1.165, 1.54) is 6.07 Å². The van der Waals surface area contributed by atoms with Crippen LogP contribution in [0.2, 0.25) is 5.02 Å². The number of nitrogen functional groups attached to an aromatic ring is 1. The van der Waals surface area contributed by atoms with Crippen LogP contribution in [0.5, 0.6) is 0 Å². The molecule has 0 aliphatic rings. The quantitative estimate of drug-likeness (QED) is 0.490. The summed E-state index contributed by atoms with van der Waals surface area (Å²) < 4.78 is 37.7. The predicted octanol–water partition coefficient (Wildman–Crippen LogP) is 0.456. The van der Waals surface area contributed by atoms with Crippen LogP contribution < -0.4 is 16.0 Å². The molecule has 0 aliphatic heterocycles. The van der Waals surface area contributed by atoms with Crippen LogP contribution in [0.25, 0.3) is 0 Å². The van der Waals surface area contributed by atoms with Gasteiger partial charge in [-0.05, 0) is 19.4 Å². The number of aromatic nitrogens is 1. The van der Waals surface area contributed by atoms with Gasteiger partial charge in [-0.3, -0.25) is 4.21 Å². The minimum Gasteiger partial charge on any atom is -0.307 e. The number of nitrogens with zero attached hydrogens (tertiary/aromatic N) is 1. The van der Waals surface area contributed by atoms with Crippen molar-refractivity contribution in [3.05, 3.63) is 17.3 Å². The lowest BCUT2D eigenvalue weighted by molar-refractivity contribution is 0.555. The maximum atomic E-state index is 12.1. The first-order chi connectivity index (χ1) is 9.26. The number of hydrogen-bond acceptors (Lipinski definition) is 6. The normalized spacial score (nSPS) is 14.8. The molecule has 114 valence electrons. The largest absolute Gasteiger partial charge is 0.307 e. The summed E-state index contributed by atoms with van der Waals surface area (Å²) in [4.78, 5) is 3.76. The molecule has 0 aromatic carbocycles. The van der Waals surface area contributed by atoms with E-state index < -0.39 is 20.8 Å². The van der Waals surface area contributed by atoms with Gasteiger partial charge < -0.3 is 5.43 Å². The van der Waals surface area contributed by atoms with Gasteiger partial charge >= 0.3 is 0 Å². The summed E-state index contributed by atoms with van der Waals surface area (Å²) in [5.41, 5.74) is 2.26. The van der Waals surface area contributed by atoms with Gasteiger partial charge in [0.15, 0.2) is 5.82 Å². The minimum absolute atomic E-state index is 0.0500. The molecule has 0 saturated carbocycles. The second-order valence-electron chi connectivity index (χ2n) is 4.23. The molecule has 0 radical (unpaired) electrons. The number of rotatable bonds is 7. The van der Waals surface area contributed by atoms with E-state index in [1.54, 1.807) is 13.2 Å². The lowest BCUT2D eigenvalue weighted by atomic mass is 10.3. The molecular formula is C10H17ClN4O3S2. The molecule has 1 rings (SSSR count). The Bertz CT molecular complexity index is 594. The van der Waals surface area contributed by atoms with Gasteiger partial charge in [0.05, 0.1) is 5.02 Å². The van der Waals surface area contributed by atoms with Crippen LogP contribution in [0.1, 0.15) is 13.3 Å². The summed E-state index contributed by atoms with van der Waals surface area (Å²) in [7, 11) is -4.68. The summed E-state index contributed by atoms with van der Waals surface area (Å²) in [5, 5.41) is 0.109. The second-order valence-corrected chi connectivity index (χ2v) is 7.91. The molecule has 2 atom stereocenters. The highest BCUT2D eigenvalue weighted by atomic mass is 35.5. The zero-order valence-corrected chi connectivity index (χ0v) is 13.5. The maximum absolute atomic E-state index is 12.1.